The molecule has 0 aromatic heterocycles. The first-order valence-corrected chi connectivity index (χ1v) is 27.8. The van der Waals surface area contributed by atoms with E-state index in [0.717, 1.165) is 25.7 Å². The molecule has 0 bridgehead atoms. The Bertz CT molecular complexity index is 2190. The first-order chi connectivity index (χ1) is 36.5. The number of carbonyl (C=O) groups excluding carboxylic acids is 1. The molecule has 4 heterocycles. The number of hydrogen-bond donors (Lipinski definition) is 14. The van der Waals surface area contributed by atoms with E-state index < -0.39 is 172 Å². The van der Waals surface area contributed by atoms with Crippen LogP contribution in [-0.2, 0) is 47.5 Å². The van der Waals surface area contributed by atoms with Gasteiger partial charge < -0.3 is 109 Å². The van der Waals surface area contributed by atoms with E-state index in [4.69, 9.17) is 37.9 Å². The number of hydrogen-bond acceptors (Lipinski definition) is 23. The van der Waals surface area contributed by atoms with E-state index in [9.17, 15) is 81.1 Å². The van der Waals surface area contributed by atoms with Crippen LogP contribution in [0.25, 0.3) is 0 Å². The molecule has 0 aromatic carbocycles. The lowest BCUT2D eigenvalue weighted by Gasteiger charge is -2.71. The molecule has 24 nitrogen and oxygen atoms in total. The van der Waals surface area contributed by atoms with Gasteiger partial charge in [-0.15, -0.1) is 0 Å². The molecule has 8 fully saturated rings. The van der Waals surface area contributed by atoms with Crippen molar-refractivity contribution in [1.29, 1.82) is 0 Å². The average molecular weight is 1120 g/mol. The quantitative estimate of drug-likeness (QED) is 0.0574. The molecule has 0 amide bonds. The fourth-order valence-electron chi connectivity index (χ4n) is 16.5. The third-order valence-electron chi connectivity index (χ3n) is 21.4. The smallest absolute Gasteiger partial charge is 0.335 e. The molecule has 0 aromatic rings. The molecule has 9 rings (SSSR count). The number of aliphatic carboxylic acids is 1. The fourth-order valence-corrected chi connectivity index (χ4v) is 16.5. The summed E-state index contributed by atoms with van der Waals surface area (Å²) in [6.45, 7) is 13.3. The summed E-state index contributed by atoms with van der Waals surface area (Å²) in [5.74, 6) is -2.17. The van der Waals surface area contributed by atoms with Gasteiger partial charge in [0.25, 0.3) is 0 Å². The van der Waals surface area contributed by atoms with Crippen LogP contribution < -0.4 is 0 Å². The van der Waals surface area contributed by atoms with Crippen LogP contribution >= 0.6 is 0 Å². The standard InChI is InChI=1S/C54H86O24/c1-49(2)14-16-54(48(70)78-46-38(66)33(61)31(59)25(20-56)72-46)17-15-52(6)22(23(54)18-49)8-9-28-51(5)12-11-29(50(3,4)27(51)10-13-53(28,52)7)74-47-42(35(63)34(62)41(76-47)43(68)69)77-45-39(67)36(64)40(26(21-57)73-45)75-44-37(65)32(60)30(58)24(19-55)71-44/h8,23-42,44-47,55-67H,9-21H2,1-7H3,(H,68,69)/t23-,24+,25+,26+,27-,28+,29-,30+,31+,32-,33-,34-,35-,36+,37+,38+,39+,40+,41-,42+,44-,45-,46-,47+,51-,52+,53+,54-/m0/s1. The van der Waals surface area contributed by atoms with Gasteiger partial charge in [-0.3, -0.25) is 4.79 Å². The van der Waals surface area contributed by atoms with Gasteiger partial charge in [0.1, 0.15) is 91.6 Å². The van der Waals surface area contributed by atoms with Gasteiger partial charge in [-0.05, 0) is 109 Å². The molecule has 4 saturated carbocycles. The minimum atomic E-state index is -2.07. The molecular formula is C54H86O24. The molecule has 9 aliphatic rings. The molecule has 446 valence electrons. The third-order valence-corrected chi connectivity index (χ3v) is 21.4. The van der Waals surface area contributed by atoms with Crippen LogP contribution in [0.5, 0.6) is 0 Å². The normalized spacial score (nSPS) is 52.8. The molecule has 28 atom stereocenters. The highest BCUT2D eigenvalue weighted by Crippen LogP contribution is 2.76. The largest absolute Gasteiger partial charge is 0.479 e. The van der Waals surface area contributed by atoms with Gasteiger partial charge in [0, 0.05) is 0 Å². The van der Waals surface area contributed by atoms with Crippen LogP contribution in [-0.4, -0.2) is 232 Å². The highest BCUT2D eigenvalue weighted by Gasteiger charge is 2.70. The predicted molar refractivity (Wildman–Crippen MR) is 263 cm³/mol. The van der Waals surface area contributed by atoms with E-state index in [1.807, 2.05) is 0 Å². The van der Waals surface area contributed by atoms with Gasteiger partial charge in [0.15, 0.2) is 25.0 Å². The van der Waals surface area contributed by atoms with Crippen LogP contribution in [0.3, 0.4) is 0 Å². The van der Waals surface area contributed by atoms with Crippen LogP contribution in [0.2, 0.25) is 0 Å². The topological polar surface area (TPSA) is 391 Å². The van der Waals surface area contributed by atoms with Gasteiger partial charge in [0.05, 0.1) is 31.3 Å². The fraction of sp³-hybridized carbons (Fsp3) is 0.926. The zero-order chi connectivity index (χ0) is 57.1. The van der Waals surface area contributed by atoms with Crippen LogP contribution in [0.4, 0.5) is 0 Å². The molecule has 0 spiro atoms. The number of rotatable bonds is 12. The second-order valence-corrected chi connectivity index (χ2v) is 26.3. The van der Waals surface area contributed by atoms with Crippen molar-refractivity contribution in [1.82, 2.24) is 0 Å². The Balaban J connectivity index is 0.938. The number of aliphatic hydroxyl groups excluding tert-OH is 13. The summed E-state index contributed by atoms with van der Waals surface area (Å²) in [4.78, 5) is 27.3. The average Bonchev–Trinajstić information content (AvgIpc) is 2.52. The highest BCUT2D eigenvalue weighted by molar-refractivity contribution is 5.79. The highest BCUT2D eigenvalue weighted by atomic mass is 16.8. The predicted octanol–water partition coefficient (Wildman–Crippen LogP) is -1.94. The Morgan fingerprint density at radius 2 is 1.09 bits per heavy atom. The molecule has 0 radical (unpaired) electrons. The van der Waals surface area contributed by atoms with Crippen LogP contribution in [0, 0.1) is 50.2 Å². The summed E-state index contributed by atoms with van der Waals surface area (Å²) in [7, 11) is 0. The van der Waals surface area contributed by atoms with Gasteiger partial charge in [0.2, 0.25) is 6.29 Å². The second kappa shape index (κ2) is 21.8. The maximum Gasteiger partial charge on any atom is 0.335 e. The molecule has 0 unspecified atom stereocenters. The third kappa shape index (κ3) is 9.72. The zero-order valence-corrected chi connectivity index (χ0v) is 45.5. The Hall–Kier alpha value is -2.12. The van der Waals surface area contributed by atoms with Crippen molar-refractivity contribution >= 4 is 11.9 Å². The Morgan fingerprint density at radius 3 is 1.69 bits per heavy atom. The molecule has 5 aliphatic carbocycles. The van der Waals surface area contributed by atoms with E-state index in [2.05, 4.69) is 54.5 Å². The molecular weight excluding hydrogens is 1030 g/mol. The van der Waals surface area contributed by atoms with E-state index in [1.165, 1.54) is 5.57 Å². The van der Waals surface area contributed by atoms with E-state index in [1.54, 1.807) is 0 Å². The number of carboxylic acids is 1. The number of esters is 1. The number of ether oxygens (including phenoxy) is 8. The summed E-state index contributed by atoms with van der Waals surface area (Å²) >= 11 is 0. The number of carboxylic acid groups (broad SMARTS) is 1. The monoisotopic (exact) mass is 1120 g/mol. The molecule has 4 aliphatic heterocycles. The van der Waals surface area contributed by atoms with Crippen LogP contribution in [0.15, 0.2) is 11.6 Å². The first-order valence-electron chi connectivity index (χ1n) is 27.8. The van der Waals surface area contributed by atoms with Gasteiger partial charge >= 0.3 is 11.9 Å². The van der Waals surface area contributed by atoms with E-state index >= 15 is 0 Å². The van der Waals surface area contributed by atoms with Crippen molar-refractivity contribution in [2.24, 2.45) is 50.2 Å². The number of fused-ring (bicyclic) bond motifs is 7. The lowest BCUT2D eigenvalue weighted by molar-refractivity contribution is -0.388. The van der Waals surface area contributed by atoms with Gasteiger partial charge in [-0.25, -0.2) is 4.79 Å². The van der Waals surface area contributed by atoms with E-state index in [0.29, 0.717) is 38.5 Å². The number of carbonyl (C=O) groups is 2. The Kier molecular flexibility index (Phi) is 16.9. The van der Waals surface area contributed by atoms with Crippen molar-refractivity contribution in [3.63, 3.8) is 0 Å². The Labute approximate surface area is 453 Å². The van der Waals surface area contributed by atoms with Crippen molar-refractivity contribution in [3.05, 3.63) is 11.6 Å². The second-order valence-electron chi connectivity index (χ2n) is 26.3. The SMILES string of the molecule is CC1(C)CC[C@]2(C(=O)O[C@@H]3O[C@H](CO)[C@@H](O)[C@H](O)[C@H]3O)CC[C@]3(C)C(=CC[C@@H]4[C@@]5(C)CC[C@H](O[C@@H]6O[C@H](C(=O)O)[C@@H](O)[C@H](O)[C@H]6O[C@@H]6O[C@H](CO)[C@@H](O[C@@H]7O[C@H](CO)[C@@H](O)[C@H](O)[C@H]7O)[C@H](O)[C@H]6O)C(C)(C)[C@@H]5CC[C@]43C)[C@@H]2C1. The molecule has 4 saturated heterocycles. The van der Waals surface area contributed by atoms with Crippen molar-refractivity contribution in [3.8, 4) is 0 Å². The summed E-state index contributed by atoms with van der Waals surface area (Å²) in [5.41, 5.74) is -1.38. The summed E-state index contributed by atoms with van der Waals surface area (Å²) in [5, 5.41) is 149. The lowest BCUT2D eigenvalue weighted by atomic mass is 9.33. The van der Waals surface area contributed by atoms with Crippen LogP contribution in [0.1, 0.15) is 113 Å². The first kappa shape index (κ1) is 60.5. The Morgan fingerprint density at radius 1 is 0.551 bits per heavy atom. The summed E-state index contributed by atoms with van der Waals surface area (Å²) in [6.07, 6.45) is -27.0. The van der Waals surface area contributed by atoms with Crippen molar-refractivity contribution < 1.29 is 119 Å². The number of allylic oxidation sites excluding steroid dienone is 2. The molecule has 78 heavy (non-hydrogen) atoms. The zero-order valence-electron chi connectivity index (χ0n) is 45.5. The summed E-state index contributed by atoms with van der Waals surface area (Å²) < 4.78 is 47.4. The molecule has 24 heteroatoms. The summed E-state index contributed by atoms with van der Waals surface area (Å²) in [6, 6.07) is 0. The minimum Gasteiger partial charge on any atom is -0.479 e. The minimum absolute atomic E-state index is 0.0171. The maximum atomic E-state index is 14.8. The van der Waals surface area contributed by atoms with Gasteiger partial charge in [-0.2, -0.15) is 0 Å². The molecule has 14 N–H and O–H groups in total. The number of aliphatic hydroxyl groups is 13. The van der Waals surface area contributed by atoms with E-state index in [-0.39, 0.29) is 39.4 Å². The van der Waals surface area contributed by atoms with Crippen molar-refractivity contribution in [2.75, 3.05) is 19.8 Å². The van der Waals surface area contributed by atoms with Crippen molar-refractivity contribution in [2.45, 2.75) is 242 Å². The van der Waals surface area contributed by atoms with Gasteiger partial charge in [-0.1, -0.05) is 60.1 Å². The lowest BCUT2D eigenvalue weighted by Crippen LogP contribution is -2.68. The maximum absolute atomic E-state index is 14.8.